The summed E-state index contributed by atoms with van der Waals surface area (Å²) in [5.74, 6) is 0.626. The Kier molecular flexibility index (Phi) is 4.00. The van der Waals surface area contributed by atoms with Crippen molar-refractivity contribution in [1.82, 2.24) is 4.90 Å². The van der Waals surface area contributed by atoms with E-state index in [9.17, 15) is 0 Å². The van der Waals surface area contributed by atoms with Gasteiger partial charge in [-0.05, 0) is 43.5 Å². The average Bonchev–Trinajstić information content (AvgIpc) is 2.99. The van der Waals surface area contributed by atoms with E-state index in [1.54, 1.807) is 0 Å². The van der Waals surface area contributed by atoms with Gasteiger partial charge in [-0.25, -0.2) is 0 Å². The molecule has 2 aliphatic rings. The fraction of sp³-hybridized carbons (Fsp3) is 0.381. The maximum Gasteiger partial charge on any atom is 0.0665 e. The van der Waals surface area contributed by atoms with Crippen molar-refractivity contribution in [3.63, 3.8) is 0 Å². The van der Waals surface area contributed by atoms with Gasteiger partial charge in [0, 0.05) is 31.1 Å². The van der Waals surface area contributed by atoms with Crippen molar-refractivity contribution in [3.05, 3.63) is 65.2 Å². The zero-order valence-corrected chi connectivity index (χ0v) is 13.8. The van der Waals surface area contributed by atoms with Gasteiger partial charge in [0.2, 0.25) is 0 Å². The summed E-state index contributed by atoms with van der Waals surface area (Å²) in [7, 11) is 0. The maximum absolute atomic E-state index is 4.92. The van der Waals surface area contributed by atoms with Gasteiger partial charge in [0.1, 0.15) is 0 Å². The first-order valence-electron chi connectivity index (χ1n) is 8.71. The van der Waals surface area contributed by atoms with Crippen molar-refractivity contribution in [3.8, 4) is 0 Å². The molecule has 1 atom stereocenters. The molecule has 2 aromatic carbocycles. The van der Waals surface area contributed by atoms with Crippen LogP contribution in [0.5, 0.6) is 0 Å². The second-order valence-electron chi connectivity index (χ2n) is 6.97. The van der Waals surface area contributed by atoms with E-state index in [0.29, 0.717) is 5.92 Å². The smallest absolute Gasteiger partial charge is 0.0665 e. The molecule has 4 rings (SSSR count). The monoisotopic (exact) mass is 304 g/mol. The van der Waals surface area contributed by atoms with Crippen LogP contribution in [-0.2, 0) is 13.0 Å². The maximum atomic E-state index is 4.92. The molecule has 2 heterocycles. The second kappa shape index (κ2) is 6.29. The lowest BCUT2D eigenvalue weighted by Gasteiger charge is -2.33. The zero-order valence-electron chi connectivity index (χ0n) is 13.8. The van der Waals surface area contributed by atoms with Crippen LogP contribution in [0, 0.1) is 12.8 Å². The molecular formula is C21H24N2. The predicted octanol–water partition coefficient (Wildman–Crippen LogP) is 4.54. The van der Waals surface area contributed by atoms with Gasteiger partial charge in [0.15, 0.2) is 0 Å². The number of benzene rings is 2. The minimum atomic E-state index is 0.626. The van der Waals surface area contributed by atoms with Crippen molar-refractivity contribution < 1.29 is 0 Å². The molecule has 0 bridgehead atoms. The van der Waals surface area contributed by atoms with E-state index in [2.05, 4.69) is 60.4 Å². The van der Waals surface area contributed by atoms with Gasteiger partial charge >= 0.3 is 0 Å². The Hall–Kier alpha value is -1.93. The third-order valence-electron chi connectivity index (χ3n) is 5.09. The molecule has 0 aliphatic carbocycles. The van der Waals surface area contributed by atoms with E-state index in [-0.39, 0.29) is 0 Å². The molecule has 0 radical (unpaired) electrons. The second-order valence-corrected chi connectivity index (χ2v) is 6.97. The summed E-state index contributed by atoms with van der Waals surface area (Å²) >= 11 is 0. The number of para-hydroxylation sites is 1. The molecule has 0 amide bonds. The highest BCUT2D eigenvalue weighted by Gasteiger charge is 2.27. The lowest BCUT2D eigenvalue weighted by molar-refractivity contribution is 0.196. The molecular weight excluding hydrogens is 280 g/mol. The minimum absolute atomic E-state index is 0.626. The fourth-order valence-electron chi connectivity index (χ4n) is 3.93. The zero-order chi connectivity index (χ0) is 15.6. The van der Waals surface area contributed by atoms with E-state index in [1.165, 1.54) is 47.5 Å². The average molecular weight is 304 g/mol. The first-order chi connectivity index (χ1) is 11.3. The molecule has 0 N–H and O–H groups in total. The molecule has 118 valence electrons. The van der Waals surface area contributed by atoms with Crippen LogP contribution in [0.2, 0.25) is 0 Å². The molecule has 23 heavy (non-hydrogen) atoms. The number of nitrogens with zero attached hydrogens (tertiary/aromatic N) is 2. The largest absolute Gasteiger partial charge is 0.298 e. The van der Waals surface area contributed by atoms with Crippen molar-refractivity contribution in [1.29, 1.82) is 0 Å². The highest BCUT2D eigenvalue weighted by Crippen LogP contribution is 2.31. The third kappa shape index (κ3) is 3.23. The van der Waals surface area contributed by atoms with Gasteiger partial charge in [-0.3, -0.25) is 9.89 Å². The van der Waals surface area contributed by atoms with Crippen molar-refractivity contribution >= 4 is 11.4 Å². The molecule has 2 nitrogen and oxygen atoms in total. The summed E-state index contributed by atoms with van der Waals surface area (Å²) in [6.45, 7) is 5.61. The van der Waals surface area contributed by atoms with Gasteiger partial charge < -0.3 is 0 Å². The molecule has 2 aromatic rings. The summed E-state index contributed by atoms with van der Waals surface area (Å²) in [4.78, 5) is 7.53. The van der Waals surface area contributed by atoms with Crippen molar-refractivity contribution in [2.75, 3.05) is 13.1 Å². The Labute approximate surface area is 138 Å². The summed E-state index contributed by atoms with van der Waals surface area (Å²) in [6.07, 6.45) is 3.63. The van der Waals surface area contributed by atoms with Gasteiger partial charge in [-0.2, -0.15) is 0 Å². The Morgan fingerprint density at radius 3 is 2.91 bits per heavy atom. The van der Waals surface area contributed by atoms with Crippen LogP contribution in [0.25, 0.3) is 0 Å². The quantitative estimate of drug-likeness (QED) is 0.813. The lowest BCUT2D eigenvalue weighted by Crippen LogP contribution is -2.38. The Morgan fingerprint density at radius 2 is 2.04 bits per heavy atom. The molecule has 0 aromatic heterocycles. The molecule has 1 unspecified atom stereocenters. The van der Waals surface area contributed by atoms with E-state index in [4.69, 9.17) is 4.99 Å². The van der Waals surface area contributed by atoms with Crippen molar-refractivity contribution in [2.45, 2.75) is 32.7 Å². The number of aryl methyl sites for hydroxylation is 1. The van der Waals surface area contributed by atoms with Crippen LogP contribution in [-0.4, -0.2) is 23.7 Å². The number of rotatable bonds is 3. The number of hydrogen-bond donors (Lipinski definition) is 0. The predicted molar refractivity (Wildman–Crippen MR) is 96.4 cm³/mol. The summed E-state index contributed by atoms with van der Waals surface area (Å²) in [6, 6.07) is 17.5. The van der Waals surface area contributed by atoms with Crippen molar-refractivity contribution in [2.24, 2.45) is 10.9 Å². The summed E-state index contributed by atoms with van der Waals surface area (Å²) < 4.78 is 0. The molecule has 2 heteroatoms. The Balaban J connectivity index is 1.44. The van der Waals surface area contributed by atoms with Gasteiger partial charge in [-0.1, -0.05) is 48.0 Å². The Morgan fingerprint density at radius 1 is 1.13 bits per heavy atom. The standard InChI is InChI=1S/C21H24N2/c1-16-6-4-7-17(12-16)14-23-11-5-9-19(15-23)21-13-18-8-2-3-10-20(18)22-21/h2-4,6-8,10,12,19H,5,9,11,13-15H2,1H3. The highest BCUT2D eigenvalue weighted by atomic mass is 15.1. The topological polar surface area (TPSA) is 15.6 Å². The summed E-state index contributed by atoms with van der Waals surface area (Å²) in [5, 5.41) is 0. The molecule has 1 saturated heterocycles. The first kappa shape index (κ1) is 14.6. The number of fused-ring (bicyclic) bond motifs is 1. The minimum Gasteiger partial charge on any atom is -0.298 e. The Bertz CT molecular complexity index is 732. The highest BCUT2D eigenvalue weighted by molar-refractivity contribution is 5.95. The number of hydrogen-bond acceptors (Lipinski definition) is 2. The van der Waals surface area contributed by atoms with Crippen LogP contribution in [0.1, 0.15) is 29.5 Å². The van der Waals surface area contributed by atoms with Gasteiger partial charge in [-0.15, -0.1) is 0 Å². The van der Waals surface area contributed by atoms with Crippen LogP contribution >= 0.6 is 0 Å². The SMILES string of the molecule is Cc1cccc(CN2CCCC(C3=Nc4ccccc4C3)C2)c1. The lowest BCUT2D eigenvalue weighted by atomic mass is 9.90. The molecule has 1 fully saturated rings. The molecule has 0 spiro atoms. The molecule has 0 saturated carbocycles. The molecule has 2 aliphatic heterocycles. The normalized spacial score (nSPS) is 21.1. The summed E-state index contributed by atoms with van der Waals surface area (Å²) in [5.41, 5.74) is 6.78. The first-order valence-corrected chi connectivity index (χ1v) is 8.71. The van der Waals surface area contributed by atoms with Crippen LogP contribution in [0.15, 0.2) is 53.5 Å². The van der Waals surface area contributed by atoms with Gasteiger partial charge in [0.05, 0.1) is 5.69 Å². The van der Waals surface area contributed by atoms with Crippen LogP contribution in [0.4, 0.5) is 5.69 Å². The number of likely N-dealkylation sites (tertiary alicyclic amines) is 1. The van der Waals surface area contributed by atoms with E-state index >= 15 is 0 Å². The van der Waals surface area contributed by atoms with Crippen LogP contribution in [0.3, 0.4) is 0 Å². The van der Waals surface area contributed by atoms with E-state index in [1.807, 2.05) is 0 Å². The third-order valence-corrected chi connectivity index (χ3v) is 5.09. The van der Waals surface area contributed by atoms with Gasteiger partial charge in [0.25, 0.3) is 0 Å². The number of aliphatic imine (C=N–C) groups is 1. The van der Waals surface area contributed by atoms with E-state index < -0.39 is 0 Å². The fourth-order valence-corrected chi connectivity index (χ4v) is 3.93. The van der Waals surface area contributed by atoms with E-state index in [0.717, 1.165) is 19.5 Å². The van der Waals surface area contributed by atoms with Crippen LogP contribution < -0.4 is 0 Å². The number of piperidine rings is 1.